The first-order chi connectivity index (χ1) is 25.1. The fraction of sp³-hybridized carbons (Fsp3) is 1.00. The van der Waals surface area contributed by atoms with Crippen LogP contribution in [0.4, 0.5) is 0 Å². The molecule has 288 valence electrons. The molecule has 0 amide bonds. The summed E-state index contributed by atoms with van der Waals surface area (Å²) >= 11 is 0. The zero-order chi connectivity index (χ0) is 34.2. The van der Waals surface area contributed by atoms with Gasteiger partial charge in [0.2, 0.25) is 0 Å². The van der Waals surface area contributed by atoms with Crippen molar-refractivity contribution in [3.05, 3.63) is 0 Å². The van der Waals surface area contributed by atoms with Crippen LogP contribution in [0.15, 0.2) is 0 Å². The van der Waals surface area contributed by atoms with Gasteiger partial charge in [0, 0.05) is 0 Å². The third kappa shape index (κ3) is 6.05. The highest BCUT2D eigenvalue weighted by Gasteiger charge is 2.61. The van der Waals surface area contributed by atoms with Gasteiger partial charge in [0.1, 0.15) is 0 Å². The lowest BCUT2D eigenvalue weighted by atomic mass is 9.40. The van der Waals surface area contributed by atoms with Crippen molar-refractivity contribution in [1.82, 2.24) is 0 Å². The topological polar surface area (TPSA) is 0 Å². The van der Waals surface area contributed by atoms with E-state index in [4.69, 9.17) is 0 Å². The molecule has 0 heteroatoms. The standard InChI is InChI=1S/C51H84/c1-31-48(46-29-36-18-4-8-20-38(36)42-24-12-14-26-44(42)46)32(2)50(51-40-22-10-6-16-34(40)28-35-17-7-11-23-41(35)51)33(3)49(31)47-30-37-19-5-9-21-39(37)43-25-13-15-27-45(43)47/h31-51H,4-30H2,1-3H3. The van der Waals surface area contributed by atoms with E-state index in [1.54, 1.807) is 173 Å². The quantitative estimate of drug-likeness (QED) is 0.276. The lowest BCUT2D eigenvalue weighted by molar-refractivity contribution is -0.168. The minimum atomic E-state index is 0.972. The summed E-state index contributed by atoms with van der Waals surface area (Å²) in [5.74, 6) is 22.4. The molecule has 18 unspecified atom stereocenters. The molecule has 0 spiro atoms. The molecule has 10 saturated carbocycles. The molecule has 0 aromatic rings. The van der Waals surface area contributed by atoms with Gasteiger partial charge in [-0.1, -0.05) is 124 Å². The third-order valence-corrected chi connectivity index (χ3v) is 21.6. The molecule has 0 aromatic carbocycles. The molecule has 0 saturated heterocycles. The van der Waals surface area contributed by atoms with Crippen molar-refractivity contribution in [2.24, 2.45) is 124 Å². The Labute approximate surface area is 317 Å². The van der Waals surface area contributed by atoms with Gasteiger partial charge in [0.25, 0.3) is 0 Å². The van der Waals surface area contributed by atoms with E-state index in [1.165, 1.54) is 0 Å². The first-order valence-electron chi connectivity index (χ1n) is 25.1. The number of hydrogen-bond acceptors (Lipinski definition) is 0. The van der Waals surface area contributed by atoms with Crippen LogP contribution in [0, 0.1) is 124 Å². The SMILES string of the molecule is CC1C(C2CC3CCCCC3C3CCCCC32)C(C)C(C2C3CCCCC3CC3CCCCC32)C(C)C1C1CC2CCCCC2C2CCCCC21. The predicted octanol–water partition coefficient (Wildman–Crippen LogP) is 14.7. The minimum absolute atomic E-state index is 0.972. The van der Waals surface area contributed by atoms with E-state index in [0.29, 0.717) is 0 Å². The van der Waals surface area contributed by atoms with E-state index in [9.17, 15) is 0 Å². The molecule has 0 nitrogen and oxygen atoms in total. The minimum Gasteiger partial charge on any atom is -0.0619 e. The Hall–Kier alpha value is 0. The summed E-state index contributed by atoms with van der Waals surface area (Å²) in [6, 6.07) is 0. The molecule has 0 bridgehead atoms. The van der Waals surface area contributed by atoms with Crippen molar-refractivity contribution in [2.45, 2.75) is 194 Å². The summed E-state index contributed by atoms with van der Waals surface area (Å²) in [5.41, 5.74) is 0. The second-order valence-electron chi connectivity index (χ2n) is 23.0. The number of hydrogen-bond donors (Lipinski definition) is 0. The predicted molar refractivity (Wildman–Crippen MR) is 215 cm³/mol. The maximum absolute atomic E-state index is 2.98. The molecule has 18 atom stereocenters. The summed E-state index contributed by atoms with van der Waals surface area (Å²) in [5, 5.41) is 0. The van der Waals surface area contributed by atoms with Crippen molar-refractivity contribution >= 4 is 0 Å². The van der Waals surface area contributed by atoms with E-state index in [2.05, 4.69) is 20.8 Å². The Morgan fingerprint density at radius 3 is 0.882 bits per heavy atom. The molecule has 0 N–H and O–H groups in total. The van der Waals surface area contributed by atoms with Crippen LogP contribution in [-0.4, -0.2) is 0 Å². The Morgan fingerprint density at radius 2 is 0.490 bits per heavy atom. The van der Waals surface area contributed by atoms with Gasteiger partial charge in [-0.3, -0.25) is 0 Å². The highest BCUT2D eigenvalue weighted by Crippen LogP contribution is 2.68. The van der Waals surface area contributed by atoms with E-state index >= 15 is 0 Å². The average molecular weight is 697 g/mol. The van der Waals surface area contributed by atoms with Gasteiger partial charge in [-0.2, -0.15) is 0 Å². The van der Waals surface area contributed by atoms with Gasteiger partial charge in [-0.25, -0.2) is 0 Å². The maximum atomic E-state index is 2.98. The molecule has 0 heterocycles. The third-order valence-electron chi connectivity index (χ3n) is 21.6. The fourth-order valence-corrected chi connectivity index (χ4v) is 20.4. The van der Waals surface area contributed by atoms with Crippen LogP contribution in [0.25, 0.3) is 0 Å². The highest BCUT2D eigenvalue weighted by atomic mass is 14.7. The molecule has 10 aliphatic rings. The average Bonchev–Trinajstić information content (AvgIpc) is 3.17. The summed E-state index contributed by atoms with van der Waals surface area (Å²) in [4.78, 5) is 0. The van der Waals surface area contributed by atoms with Gasteiger partial charge in [-0.15, -0.1) is 0 Å². The van der Waals surface area contributed by atoms with Crippen molar-refractivity contribution in [2.75, 3.05) is 0 Å². The van der Waals surface area contributed by atoms with E-state index in [0.717, 1.165) is 124 Å². The summed E-state index contributed by atoms with van der Waals surface area (Å²) in [6.45, 7) is 8.94. The molecule has 0 aromatic heterocycles. The van der Waals surface area contributed by atoms with Crippen LogP contribution in [0.2, 0.25) is 0 Å². The van der Waals surface area contributed by atoms with Crippen LogP contribution in [-0.2, 0) is 0 Å². The second kappa shape index (κ2) is 14.8. The first-order valence-corrected chi connectivity index (χ1v) is 25.1. The zero-order valence-corrected chi connectivity index (χ0v) is 34.2. The Bertz CT molecular complexity index is 1080. The molecule has 51 heavy (non-hydrogen) atoms. The summed E-state index contributed by atoms with van der Waals surface area (Å²) in [6.07, 6.45) is 43.1. The number of rotatable bonds is 3. The fourth-order valence-electron chi connectivity index (χ4n) is 20.4. The van der Waals surface area contributed by atoms with Gasteiger partial charge < -0.3 is 0 Å². The van der Waals surface area contributed by atoms with Gasteiger partial charge in [0.15, 0.2) is 0 Å². The summed E-state index contributed by atoms with van der Waals surface area (Å²) < 4.78 is 0. The van der Waals surface area contributed by atoms with Gasteiger partial charge in [-0.05, 0) is 195 Å². The van der Waals surface area contributed by atoms with E-state index in [1.807, 2.05) is 0 Å². The zero-order valence-electron chi connectivity index (χ0n) is 34.2. The van der Waals surface area contributed by atoms with Gasteiger partial charge in [0.05, 0.1) is 0 Å². The Morgan fingerprint density at radius 1 is 0.216 bits per heavy atom. The molecule has 10 fully saturated rings. The lowest BCUT2D eigenvalue weighted by Crippen LogP contribution is -2.59. The molecule has 10 rings (SSSR count). The van der Waals surface area contributed by atoms with Gasteiger partial charge >= 0.3 is 0 Å². The smallest absolute Gasteiger partial charge is 0.0318 e. The van der Waals surface area contributed by atoms with Crippen molar-refractivity contribution < 1.29 is 0 Å². The van der Waals surface area contributed by atoms with Crippen molar-refractivity contribution in [3.8, 4) is 0 Å². The Kier molecular flexibility index (Phi) is 10.3. The molecular formula is C51H84. The van der Waals surface area contributed by atoms with Crippen LogP contribution in [0.5, 0.6) is 0 Å². The van der Waals surface area contributed by atoms with Crippen molar-refractivity contribution in [3.63, 3.8) is 0 Å². The van der Waals surface area contributed by atoms with Crippen LogP contribution in [0.3, 0.4) is 0 Å². The maximum Gasteiger partial charge on any atom is -0.0318 e. The molecular weight excluding hydrogens is 613 g/mol. The Balaban J connectivity index is 1.07. The first kappa shape index (κ1) is 35.4. The molecule has 10 aliphatic carbocycles. The summed E-state index contributed by atoms with van der Waals surface area (Å²) in [7, 11) is 0. The molecule has 0 aliphatic heterocycles. The van der Waals surface area contributed by atoms with E-state index in [-0.39, 0.29) is 0 Å². The second-order valence-corrected chi connectivity index (χ2v) is 23.0. The molecule has 0 radical (unpaired) electrons. The van der Waals surface area contributed by atoms with Crippen LogP contribution in [0.1, 0.15) is 194 Å². The monoisotopic (exact) mass is 697 g/mol. The normalized spacial score (nSPS) is 57.4. The largest absolute Gasteiger partial charge is 0.0619 e. The lowest BCUT2D eigenvalue weighted by Gasteiger charge is -2.65. The van der Waals surface area contributed by atoms with E-state index < -0.39 is 0 Å². The van der Waals surface area contributed by atoms with Crippen molar-refractivity contribution in [1.29, 1.82) is 0 Å². The van der Waals surface area contributed by atoms with Crippen LogP contribution < -0.4 is 0 Å². The van der Waals surface area contributed by atoms with Crippen LogP contribution >= 0.6 is 0 Å². The number of fused-ring (bicyclic) bond motifs is 8. The highest BCUT2D eigenvalue weighted by molar-refractivity contribution is 5.09.